The lowest BCUT2D eigenvalue weighted by atomic mass is 9.88. The molecule has 0 saturated heterocycles. The maximum absolute atomic E-state index is 12.7. The molecule has 6 N–H and O–H groups in total. The third-order valence-corrected chi connectivity index (χ3v) is 5.29. The Morgan fingerprint density at radius 2 is 1.88 bits per heavy atom. The van der Waals surface area contributed by atoms with Crippen molar-refractivity contribution in [1.82, 2.24) is 0 Å². The van der Waals surface area contributed by atoms with E-state index in [2.05, 4.69) is 11.4 Å². The number of benzene rings is 1. The Bertz CT molecular complexity index is 857. The third kappa shape index (κ3) is 11.4. The normalized spacial score (nSPS) is 20.5. The molecule has 33 heavy (non-hydrogen) atoms. The number of aliphatic hydroxyl groups is 2. The van der Waals surface area contributed by atoms with Crippen LogP contribution >= 0.6 is 7.82 Å². The van der Waals surface area contributed by atoms with Gasteiger partial charge in [0, 0.05) is 0 Å². The van der Waals surface area contributed by atoms with Crippen molar-refractivity contribution in [1.29, 1.82) is 0 Å². The standard InChI is InChI=1S/C12H19F3NO6P.C9H11F/c13-12(14,15)9-5-8(1-2-10(9)18)3-4-11(16,6-17)7-22-23(19,20)21;1-2-4-8-5-3-6-9(10)7-8/h1-2,5,9-10,17-18H,3-4,6-7,16H2,(H2,19,20,21);3,5-7H,2,4H2,1H3. The molecule has 2 rings (SSSR count). The van der Waals surface area contributed by atoms with E-state index >= 15 is 0 Å². The van der Waals surface area contributed by atoms with Gasteiger partial charge in [-0.15, -0.1) is 0 Å². The molecule has 0 aliphatic heterocycles. The molecule has 0 spiro atoms. The smallest absolute Gasteiger partial charge is 0.394 e. The van der Waals surface area contributed by atoms with Gasteiger partial charge in [0.1, 0.15) is 11.7 Å². The topological polar surface area (TPSA) is 133 Å². The molecular formula is C21H30F4NO6P. The van der Waals surface area contributed by atoms with E-state index in [1.165, 1.54) is 12.1 Å². The highest BCUT2D eigenvalue weighted by molar-refractivity contribution is 7.46. The summed E-state index contributed by atoms with van der Waals surface area (Å²) in [6, 6.07) is 6.76. The van der Waals surface area contributed by atoms with Crippen molar-refractivity contribution in [2.75, 3.05) is 13.2 Å². The van der Waals surface area contributed by atoms with E-state index in [0.29, 0.717) is 0 Å². The second kappa shape index (κ2) is 12.8. The molecule has 7 nitrogen and oxygen atoms in total. The molecule has 1 aromatic carbocycles. The van der Waals surface area contributed by atoms with Gasteiger partial charge < -0.3 is 25.7 Å². The van der Waals surface area contributed by atoms with E-state index in [4.69, 9.17) is 15.5 Å². The lowest BCUT2D eigenvalue weighted by molar-refractivity contribution is -0.179. The van der Waals surface area contributed by atoms with Crippen LogP contribution in [0.2, 0.25) is 0 Å². The Hall–Kier alpha value is -1.59. The van der Waals surface area contributed by atoms with Crippen LogP contribution in [-0.2, 0) is 15.5 Å². The summed E-state index contributed by atoms with van der Waals surface area (Å²) in [5.41, 5.74) is 5.55. The molecule has 0 heterocycles. The van der Waals surface area contributed by atoms with Crippen LogP contribution in [0.4, 0.5) is 17.6 Å². The van der Waals surface area contributed by atoms with Gasteiger partial charge in [-0.25, -0.2) is 8.96 Å². The van der Waals surface area contributed by atoms with Crippen LogP contribution < -0.4 is 5.73 Å². The van der Waals surface area contributed by atoms with Gasteiger partial charge in [-0.1, -0.05) is 49.3 Å². The second-order valence-corrected chi connectivity index (χ2v) is 9.06. The van der Waals surface area contributed by atoms with Gasteiger partial charge in [0.15, 0.2) is 0 Å². The predicted molar refractivity (Wildman–Crippen MR) is 114 cm³/mol. The molecule has 1 aromatic rings. The van der Waals surface area contributed by atoms with Crippen LogP contribution in [0.1, 0.15) is 31.7 Å². The molecular weight excluding hydrogens is 469 g/mol. The van der Waals surface area contributed by atoms with Crippen molar-refractivity contribution in [2.24, 2.45) is 11.7 Å². The van der Waals surface area contributed by atoms with Gasteiger partial charge in [0.25, 0.3) is 0 Å². The fourth-order valence-corrected chi connectivity index (χ4v) is 3.39. The maximum Gasteiger partial charge on any atom is 0.469 e. The number of hydrogen-bond acceptors (Lipinski definition) is 5. The quantitative estimate of drug-likeness (QED) is 0.260. The average Bonchev–Trinajstić information content (AvgIpc) is 2.71. The van der Waals surface area contributed by atoms with Gasteiger partial charge in [-0.3, -0.25) is 4.52 Å². The van der Waals surface area contributed by atoms with Crippen molar-refractivity contribution >= 4 is 7.82 Å². The minimum absolute atomic E-state index is 0.0113. The highest BCUT2D eigenvalue weighted by Crippen LogP contribution is 2.38. The molecule has 1 aliphatic carbocycles. The first-order valence-corrected chi connectivity index (χ1v) is 11.7. The molecule has 188 valence electrons. The van der Waals surface area contributed by atoms with Crippen molar-refractivity contribution in [3.63, 3.8) is 0 Å². The van der Waals surface area contributed by atoms with Crippen LogP contribution in [0.3, 0.4) is 0 Å². The van der Waals surface area contributed by atoms with E-state index in [0.717, 1.165) is 30.6 Å². The monoisotopic (exact) mass is 499 g/mol. The Labute approximate surface area is 189 Å². The Balaban J connectivity index is 0.000000451. The number of hydrogen-bond donors (Lipinski definition) is 5. The summed E-state index contributed by atoms with van der Waals surface area (Å²) in [6.07, 6.45) is -1.09. The lowest BCUT2D eigenvalue weighted by Crippen LogP contribution is -2.48. The third-order valence-electron chi connectivity index (χ3n) is 4.82. The SMILES string of the molecule is CCCc1cccc(F)c1.NC(CO)(CCC1=CC(C(F)(F)F)C(O)C=C1)COP(=O)(O)O. The van der Waals surface area contributed by atoms with Gasteiger partial charge >= 0.3 is 14.0 Å². The number of rotatable bonds is 9. The van der Waals surface area contributed by atoms with Gasteiger partial charge in [0.05, 0.1) is 24.9 Å². The molecule has 3 atom stereocenters. The summed E-state index contributed by atoms with van der Waals surface area (Å²) in [5.74, 6) is -2.17. The van der Waals surface area contributed by atoms with Crippen molar-refractivity contribution in [2.45, 2.75) is 50.4 Å². The number of allylic oxidation sites excluding steroid dienone is 2. The Morgan fingerprint density at radius 1 is 1.21 bits per heavy atom. The highest BCUT2D eigenvalue weighted by atomic mass is 31.2. The zero-order chi connectivity index (χ0) is 25.3. The van der Waals surface area contributed by atoms with Crippen LogP contribution in [0.25, 0.3) is 0 Å². The molecule has 1 aliphatic rings. The molecule has 0 bridgehead atoms. The highest BCUT2D eigenvalue weighted by Gasteiger charge is 2.43. The molecule has 0 amide bonds. The lowest BCUT2D eigenvalue weighted by Gasteiger charge is -2.29. The van der Waals surface area contributed by atoms with E-state index < -0.39 is 44.8 Å². The van der Waals surface area contributed by atoms with E-state index in [9.17, 15) is 32.3 Å². The van der Waals surface area contributed by atoms with Crippen molar-refractivity contribution < 1.29 is 46.7 Å². The average molecular weight is 499 g/mol. The van der Waals surface area contributed by atoms with E-state index in [-0.39, 0.29) is 24.2 Å². The fourth-order valence-electron chi connectivity index (χ4n) is 2.97. The summed E-state index contributed by atoms with van der Waals surface area (Å²) >= 11 is 0. The van der Waals surface area contributed by atoms with E-state index in [1.54, 1.807) is 12.1 Å². The first-order valence-electron chi connectivity index (χ1n) is 10.2. The number of halogens is 4. The minimum atomic E-state index is -4.77. The number of aliphatic hydroxyl groups excluding tert-OH is 2. The van der Waals surface area contributed by atoms with Crippen LogP contribution in [-0.4, -0.2) is 51.0 Å². The van der Waals surface area contributed by atoms with Crippen LogP contribution in [0.5, 0.6) is 0 Å². The Morgan fingerprint density at radius 3 is 2.39 bits per heavy atom. The molecule has 3 unspecified atom stereocenters. The summed E-state index contributed by atoms with van der Waals surface area (Å²) < 4.78 is 65.6. The minimum Gasteiger partial charge on any atom is -0.394 e. The summed E-state index contributed by atoms with van der Waals surface area (Å²) in [7, 11) is -4.77. The number of nitrogens with two attached hydrogens (primary N) is 1. The first-order chi connectivity index (χ1) is 15.2. The Kier molecular flexibility index (Phi) is 11.4. The van der Waals surface area contributed by atoms with Crippen molar-refractivity contribution in [3.05, 3.63) is 59.4 Å². The molecule has 12 heteroatoms. The zero-order valence-corrected chi connectivity index (χ0v) is 19.0. The molecule has 0 aromatic heterocycles. The largest absolute Gasteiger partial charge is 0.469 e. The fraction of sp³-hybridized carbons (Fsp3) is 0.524. The second-order valence-electron chi connectivity index (χ2n) is 7.82. The number of phosphoric acid groups is 1. The summed E-state index contributed by atoms with van der Waals surface area (Å²) in [5, 5.41) is 18.6. The molecule has 0 saturated carbocycles. The van der Waals surface area contributed by atoms with Gasteiger partial charge in [-0.2, -0.15) is 13.2 Å². The molecule has 0 radical (unpaired) electrons. The van der Waals surface area contributed by atoms with Gasteiger partial charge in [-0.05, 0) is 37.0 Å². The van der Waals surface area contributed by atoms with Crippen molar-refractivity contribution in [3.8, 4) is 0 Å². The summed E-state index contributed by atoms with van der Waals surface area (Å²) in [6.45, 7) is 0.760. The zero-order valence-electron chi connectivity index (χ0n) is 18.1. The molecule has 0 fully saturated rings. The predicted octanol–water partition coefficient (Wildman–Crippen LogP) is 3.38. The van der Waals surface area contributed by atoms with Gasteiger partial charge in [0.2, 0.25) is 0 Å². The number of phosphoric ester groups is 1. The first kappa shape index (κ1) is 29.4. The number of aryl methyl sites for hydroxylation is 1. The maximum atomic E-state index is 12.7. The van der Waals surface area contributed by atoms with Crippen LogP contribution in [0, 0.1) is 11.7 Å². The van der Waals surface area contributed by atoms with Crippen LogP contribution in [0.15, 0.2) is 48.1 Å². The van der Waals surface area contributed by atoms with E-state index in [1.807, 2.05) is 6.07 Å². The number of alkyl halides is 3. The summed E-state index contributed by atoms with van der Waals surface area (Å²) in [4.78, 5) is 17.2.